The van der Waals surface area contributed by atoms with Gasteiger partial charge in [-0.3, -0.25) is 9.20 Å². The number of nitrogen functional groups attached to an aromatic ring is 1. The molecule has 4 unspecified atom stereocenters. The van der Waals surface area contributed by atoms with Crippen molar-refractivity contribution in [2.45, 2.75) is 50.2 Å². The Morgan fingerprint density at radius 2 is 1.87 bits per heavy atom. The first-order chi connectivity index (χ1) is 18.7. The van der Waals surface area contributed by atoms with Gasteiger partial charge in [-0.25, -0.2) is 9.97 Å². The molecule has 1 amide bonds. The molecule has 9 heteroatoms. The number of fused-ring (bicyclic) bond motifs is 4. The van der Waals surface area contributed by atoms with Crippen LogP contribution in [-0.2, 0) is 11.0 Å². The molecule has 2 aliphatic heterocycles. The Bertz CT molecular complexity index is 1590. The molecule has 0 bridgehead atoms. The Kier molecular flexibility index (Phi) is 5.31. The van der Waals surface area contributed by atoms with Gasteiger partial charge in [-0.05, 0) is 42.4 Å². The lowest BCUT2D eigenvalue weighted by Gasteiger charge is -2.36. The number of alkyl halides is 3. The third-order valence-corrected chi connectivity index (χ3v) is 8.94. The van der Waals surface area contributed by atoms with Crippen molar-refractivity contribution in [1.82, 2.24) is 19.3 Å². The molecule has 0 radical (unpaired) electrons. The SMILES string of the molecule is C[C@@H](c1ccc(-c2nc(C3CCC4C5CC5C(=O)N4C3)n3ccnc(N)c23)cc1)c1cccc(C(F)(F)F)c1. The van der Waals surface area contributed by atoms with Gasteiger partial charge in [-0.1, -0.05) is 49.4 Å². The largest absolute Gasteiger partial charge is 0.416 e. The van der Waals surface area contributed by atoms with Crippen LogP contribution in [0.1, 0.15) is 60.5 Å². The lowest BCUT2D eigenvalue weighted by Crippen LogP contribution is -2.43. The number of imidazole rings is 1. The van der Waals surface area contributed by atoms with Gasteiger partial charge in [-0.2, -0.15) is 13.2 Å². The maximum absolute atomic E-state index is 13.2. The number of hydrogen-bond acceptors (Lipinski definition) is 4. The van der Waals surface area contributed by atoms with E-state index in [1.54, 1.807) is 12.3 Å². The van der Waals surface area contributed by atoms with E-state index in [1.165, 1.54) is 12.1 Å². The van der Waals surface area contributed by atoms with Crippen molar-refractivity contribution in [2.24, 2.45) is 11.8 Å². The Labute approximate surface area is 223 Å². The highest BCUT2D eigenvalue weighted by molar-refractivity contribution is 5.86. The number of amides is 1. The molecule has 4 aromatic rings. The number of anilines is 1. The third-order valence-electron chi connectivity index (χ3n) is 8.94. The molecule has 4 heterocycles. The highest BCUT2D eigenvalue weighted by Crippen LogP contribution is 2.54. The smallest absolute Gasteiger partial charge is 0.382 e. The van der Waals surface area contributed by atoms with Gasteiger partial charge in [0.05, 0.1) is 5.56 Å². The lowest BCUT2D eigenvalue weighted by atomic mass is 9.91. The molecule has 2 aromatic carbocycles. The first kappa shape index (κ1) is 24.2. The molecule has 1 aliphatic carbocycles. The van der Waals surface area contributed by atoms with Crippen molar-refractivity contribution >= 4 is 17.2 Å². The van der Waals surface area contributed by atoms with E-state index >= 15 is 0 Å². The van der Waals surface area contributed by atoms with Crippen molar-refractivity contribution in [3.8, 4) is 11.3 Å². The number of rotatable bonds is 4. The van der Waals surface area contributed by atoms with Crippen LogP contribution in [0.3, 0.4) is 0 Å². The van der Waals surface area contributed by atoms with Crippen LogP contribution in [-0.4, -0.2) is 37.8 Å². The fraction of sp³-hybridized carbons (Fsp3) is 0.367. The second kappa shape index (κ2) is 8.56. The number of halogens is 3. The van der Waals surface area contributed by atoms with Crippen LogP contribution in [0.25, 0.3) is 16.8 Å². The molecule has 1 saturated carbocycles. The van der Waals surface area contributed by atoms with Crippen LogP contribution in [0.5, 0.6) is 0 Å². The molecule has 5 atom stereocenters. The molecule has 6 nitrogen and oxygen atoms in total. The summed E-state index contributed by atoms with van der Waals surface area (Å²) >= 11 is 0. The number of piperidine rings is 2. The predicted octanol–water partition coefficient (Wildman–Crippen LogP) is 5.87. The highest BCUT2D eigenvalue weighted by atomic mass is 19.4. The molecule has 2 N–H and O–H groups in total. The molecule has 200 valence electrons. The topological polar surface area (TPSA) is 76.5 Å². The van der Waals surface area contributed by atoms with Crippen LogP contribution in [0.2, 0.25) is 0 Å². The van der Waals surface area contributed by atoms with Gasteiger partial charge in [0.15, 0.2) is 0 Å². The fourth-order valence-corrected chi connectivity index (χ4v) is 6.72. The molecular weight excluding hydrogens is 503 g/mol. The standard InChI is InChI=1S/C30H28F3N5O/c1-16(19-3-2-4-21(13-19)30(31,32)33)17-5-7-18(8-6-17)25-26-27(34)35-11-12-37(26)28(36-25)20-9-10-24-22-14-23(22)29(39)38(24)15-20/h2-8,11-13,16,20,22-24H,9-10,14-15H2,1H3,(H2,34,35)/t16-,20?,22?,23?,24?/m0/s1. The number of carbonyl (C=O) groups excluding carboxylic acids is 1. The Morgan fingerprint density at radius 3 is 2.64 bits per heavy atom. The summed E-state index contributed by atoms with van der Waals surface area (Å²) in [6.07, 6.45) is 2.16. The minimum atomic E-state index is -4.38. The van der Waals surface area contributed by atoms with Crippen molar-refractivity contribution in [1.29, 1.82) is 0 Å². The number of nitrogens with two attached hydrogens (primary N) is 1. The number of benzene rings is 2. The van der Waals surface area contributed by atoms with E-state index in [2.05, 4.69) is 9.88 Å². The van der Waals surface area contributed by atoms with Crippen LogP contribution in [0, 0.1) is 11.8 Å². The van der Waals surface area contributed by atoms with Crippen LogP contribution < -0.4 is 5.73 Å². The summed E-state index contributed by atoms with van der Waals surface area (Å²) in [6, 6.07) is 13.6. The van der Waals surface area contributed by atoms with Crippen molar-refractivity contribution in [3.63, 3.8) is 0 Å². The fourth-order valence-electron chi connectivity index (χ4n) is 6.72. The average Bonchev–Trinajstić information content (AvgIpc) is 3.56. The minimum Gasteiger partial charge on any atom is -0.382 e. The van der Waals surface area contributed by atoms with Crippen molar-refractivity contribution in [3.05, 3.63) is 83.4 Å². The lowest BCUT2D eigenvalue weighted by molar-refractivity contribution is -0.137. The van der Waals surface area contributed by atoms with Crippen LogP contribution in [0.15, 0.2) is 60.9 Å². The number of aromatic nitrogens is 3. The zero-order valence-corrected chi connectivity index (χ0v) is 21.4. The molecule has 3 aliphatic rings. The summed E-state index contributed by atoms with van der Waals surface area (Å²) in [6.45, 7) is 2.57. The van der Waals surface area contributed by atoms with Gasteiger partial charge >= 0.3 is 6.18 Å². The minimum absolute atomic E-state index is 0.103. The van der Waals surface area contributed by atoms with E-state index in [9.17, 15) is 18.0 Å². The Hall–Kier alpha value is -3.88. The van der Waals surface area contributed by atoms with Crippen molar-refractivity contribution < 1.29 is 18.0 Å². The van der Waals surface area contributed by atoms with Gasteiger partial charge < -0.3 is 10.6 Å². The summed E-state index contributed by atoms with van der Waals surface area (Å²) in [5.41, 5.74) is 9.49. The molecule has 2 saturated heterocycles. The highest BCUT2D eigenvalue weighted by Gasteiger charge is 2.59. The second-order valence-corrected chi connectivity index (χ2v) is 11.2. The van der Waals surface area contributed by atoms with E-state index in [4.69, 9.17) is 10.7 Å². The van der Waals surface area contributed by atoms with Crippen LogP contribution >= 0.6 is 0 Å². The van der Waals surface area contributed by atoms with Crippen LogP contribution in [0.4, 0.5) is 19.0 Å². The quantitative estimate of drug-likeness (QED) is 0.357. The summed E-state index contributed by atoms with van der Waals surface area (Å²) < 4.78 is 41.7. The Balaban J connectivity index is 1.21. The maximum atomic E-state index is 13.2. The zero-order chi connectivity index (χ0) is 27.1. The Morgan fingerprint density at radius 1 is 1.08 bits per heavy atom. The molecular formula is C30H28F3N5O. The predicted molar refractivity (Wildman–Crippen MR) is 141 cm³/mol. The maximum Gasteiger partial charge on any atom is 0.416 e. The van der Waals surface area contributed by atoms with E-state index in [0.29, 0.717) is 41.5 Å². The first-order valence-corrected chi connectivity index (χ1v) is 13.4. The number of carbonyl (C=O) groups is 1. The van der Waals surface area contributed by atoms with Gasteiger partial charge in [0.1, 0.15) is 22.9 Å². The second-order valence-electron chi connectivity index (χ2n) is 11.2. The van der Waals surface area contributed by atoms with Gasteiger partial charge in [0, 0.05) is 48.3 Å². The van der Waals surface area contributed by atoms with Gasteiger partial charge in [0.25, 0.3) is 0 Å². The number of hydrogen-bond donors (Lipinski definition) is 1. The van der Waals surface area contributed by atoms with Gasteiger partial charge in [0.2, 0.25) is 5.91 Å². The zero-order valence-electron chi connectivity index (χ0n) is 21.4. The van der Waals surface area contributed by atoms with E-state index in [-0.39, 0.29) is 17.8 Å². The summed E-state index contributed by atoms with van der Waals surface area (Å²) in [7, 11) is 0. The average molecular weight is 532 g/mol. The van der Waals surface area contributed by atoms with Gasteiger partial charge in [-0.15, -0.1) is 0 Å². The van der Waals surface area contributed by atoms with Crippen molar-refractivity contribution in [2.75, 3.05) is 12.3 Å². The normalized spacial score (nSPS) is 25.0. The molecule has 3 fully saturated rings. The summed E-state index contributed by atoms with van der Waals surface area (Å²) in [4.78, 5) is 24.2. The third kappa shape index (κ3) is 3.89. The molecule has 7 rings (SSSR count). The van der Waals surface area contributed by atoms with E-state index in [0.717, 1.165) is 47.8 Å². The first-order valence-electron chi connectivity index (χ1n) is 13.4. The molecule has 2 aromatic heterocycles. The number of nitrogens with zero attached hydrogens (tertiary/aromatic N) is 4. The monoisotopic (exact) mass is 531 g/mol. The summed E-state index contributed by atoms with van der Waals surface area (Å²) in [5, 5.41) is 0. The molecule has 39 heavy (non-hydrogen) atoms. The van der Waals surface area contributed by atoms with E-state index < -0.39 is 11.7 Å². The molecule has 0 spiro atoms. The van der Waals surface area contributed by atoms with E-state index in [1.807, 2.05) is 41.8 Å². The summed E-state index contributed by atoms with van der Waals surface area (Å²) in [5.74, 6) is 2.21.